The Morgan fingerprint density at radius 2 is 2.10 bits per heavy atom. The first-order chi connectivity index (χ1) is 10.1. The molecule has 0 aromatic heterocycles. The second kappa shape index (κ2) is 5.85. The lowest BCUT2D eigenvalue weighted by Gasteiger charge is -2.25. The smallest absolute Gasteiger partial charge is 0.125 e. The van der Waals surface area contributed by atoms with Gasteiger partial charge in [0.05, 0.1) is 28.0 Å². The van der Waals surface area contributed by atoms with E-state index < -0.39 is 16.6 Å². The summed E-state index contributed by atoms with van der Waals surface area (Å²) in [5, 5.41) is 0. The molecule has 1 aliphatic heterocycles. The summed E-state index contributed by atoms with van der Waals surface area (Å²) in [6.45, 7) is 0.623. The molecule has 2 atom stereocenters. The number of halogens is 1. The Kier molecular flexibility index (Phi) is 3.92. The molecule has 3 rings (SSSR count). The summed E-state index contributed by atoms with van der Waals surface area (Å²) < 4.78 is 31.2. The molecule has 1 aliphatic rings. The van der Waals surface area contributed by atoms with Crippen LogP contribution in [0.2, 0.25) is 0 Å². The Bertz CT molecular complexity index is 690. The van der Waals surface area contributed by atoms with Crippen molar-refractivity contribution in [2.75, 3.05) is 18.1 Å². The van der Waals surface area contributed by atoms with Crippen LogP contribution >= 0.6 is 0 Å². The van der Waals surface area contributed by atoms with Gasteiger partial charge in [-0.05, 0) is 36.2 Å². The molecule has 1 heterocycles. The third-order valence-corrected chi connectivity index (χ3v) is 5.22. The van der Waals surface area contributed by atoms with Gasteiger partial charge in [-0.15, -0.1) is 0 Å². The molecule has 2 aromatic carbocycles. The highest BCUT2D eigenvalue weighted by Gasteiger charge is 2.24. The van der Waals surface area contributed by atoms with E-state index in [-0.39, 0.29) is 11.6 Å². The van der Waals surface area contributed by atoms with E-state index in [2.05, 4.69) is 0 Å². The van der Waals surface area contributed by atoms with Crippen LogP contribution in [0.1, 0.15) is 17.9 Å². The van der Waals surface area contributed by atoms with E-state index in [9.17, 15) is 8.60 Å². The van der Waals surface area contributed by atoms with Gasteiger partial charge in [-0.2, -0.15) is 0 Å². The van der Waals surface area contributed by atoms with Crippen molar-refractivity contribution >= 4 is 16.5 Å². The van der Waals surface area contributed by atoms with Crippen molar-refractivity contribution in [2.45, 2.75) is 17.2 Å². The van der Waals surface area contributed by atoms with Gasteiger partial charge in [0.1, 0.15) is 11.6 Å². The molecule has 0 saturated heterocycles. The second-order valence-corrected chi connectivity index (χ2v) is 6.53. The number of fused-ring (bicyclic) bond motifs is 1. The van der Waals surface area contributed by atoms with Crippen molar-refractivity contribution in [1.82, 2.24) is 0 Å². The van der Waals surface area contributed by atoms with Crippen LogP contribution in [0.3, 0.4) is 0 Å². The Morgan fingerprint density at radius 1 is 1.29 bits per heavy atom. The molecule has 0 bridgehead atoms. The minimum Gasteiger partial charge on any atom is -0.493 e. The maximum Gasteiger partial charge on any atom is 0.125 e. The Hall–Kier alpha value is -1.88. The van der Waals surface area contributed by atoms with E-state index >= 15 is 0 Å². The predicted molar refractivity (Wildman–Crippen MR) is 81.4 cm³/mol. The summed E-state index contributed by atoms with van der Waals surface area (Å²) >= 11 is 0. The van der Waals surface area contributed by atoms with Gasteiger partial charge in [-0.1, -0.05) is 18.2 Å². The van der Waals surface area contributed by atoms with E-state index in [0.29, 0.717) is 17.3 Å². The lowest BCUT2D eigenvalue weighted by Crippen LogP contribution is -2.19. The Labute approximate surface area is 125 Å². The fraction of sp³-hybridized carbons (Fsp3) is 0.250. The quantitative estimate of drug-likeness (QED) is 0.887. The van der Waals surface area contributed by atoms with Crippen molar-refractivity contribution in [3.63, 3.8) is 0 Å². The first kappa shape index (κ1) is 14.1. The molecular formula is C16H16FNO2S. The van der Waals surface area contributed by atoms with Gasteiger partial charge in [0, 0.05) is 11.7 Å². The van der Waals surface area contributed by atoms with Crippen LogP contribution in [0.15, 0.2) is 47.4 Å². The molecular weight excluding hydrogens is 289 g/mol. The second-order valence-electron chi connectivity index (χ2n) is 5.07. The standard InChI is InChI=1S/C16H16FNO2S/c17-12-5-6-16(14(18)9-12)21(19)10-11-7-8-20-15-4-2-1-3-13(11)15/h1-6,9,11H,7-8,10,18H2. The van der Waals surface area contributed by atoms with E-state index in [1.165, 1.54) is 18.2 Å². The molecule has 0 aliphatic carbocycles. The van der Waals surface area contributed by atoms with Crippen molar-refractivity contribution in [3.8, 4) is 5.75 Å². The number of anilines is 1. The number of nitrogens with two attached hydrogens (primary N) is 1. The summed E-state index contributed by atoms with van der Waals surface area (Å²) in [6.07, 6.45) is 0.823. The SMILES string of the molecule is Nc1cc(F)ccc1S(=O)CC1CCOc2ccccc21. The van der Waals surface area contributed by atoms with Crippen LogP contribution in [0.4, 0.5) is 10.1 Å². The third kappa shape index (κ3) is 2.93. The molecule has 21 heavy (non-hydrogen) atoms. The Balaban J connectivity index is 1.83. The number of rotatable bonds is 3. The highest BCUT2D eigenvalue weighted by Crippen LogP contribution is 2.35. The average molecular weight is 305 g/mol. The minimum absolute atomic E-state index is 0.167. The topological polar surface area (TPSA) is 52.3 Å². The van der Waals surface area contributed by atoms with Gasteiger partial charge in [-0.3, -0.25) is 4.21 Å². The molecule has 0 fully saturated rings. The number of para-hydroxylation sites is 1. The van der Waals surface area contributed by atoms with E-state index in [1.807, 2.05) is 24.3 Å². The largest absolute Gasteiger partial charge is 0.493 e. The van der Waals surface area contributed by atoms with Crippen LogP contribution < -0.4 is 10.5 Å². The fourth-order valence-corrected chi connectivity index (χ4v) is 4.02. The van der Waals surface area contributed by atoms with Crippen LogP contribution in [0.25, 0.3) is 0 Å². The molecule has 0 amide bonds. The molecule has 2 unspecified atom stereocenters. The van der Waals surface area contributed by atoms with Crippen molar-refractivity contribution in [3.05, 3.63) is 53.8 Å². The van der Waals surface area contributed by atoms with Gasteiger partial charge >= 0.3 is 0 Å². The highest BCUT2D eigenvalue weighted by atomic mass is 32.2. The van der Waals surface area contributed by atoms with Gasteiger partial charge in [0.15, 0.2) is 0 Å². The van der Waals surface area contributed by atoms with Crippen molar-refractivity contribution < 1.29 is 13.3 Å². The maximum absolute atomic E-state index is 13.1. The van der Waals surface area contributed by atoms with Gasteiger partial charge < -0.3 is 10.5 Å². The monoisotopic (exact) mass is 305 g/mol. The number of benzene rings is 2. The molecule has 110 valence electrons. The average Bonchev–Trinajstić information content (AvgIpc) is 2.47. The number of nitrogen functional groups attached to an aromatic ring is 1. The van der Waals surface area contributed by atoms with E-state index in [0.717, 1.165) is 17.7 Å². The summed E-state index contributed by atoms with van der Waals surface area (Å²) in [5.74, 6) is 1.08. The number of ether oxygens (including phenoxy) is 1. The Morgan fingerprint density at radius 3 is 2.90 bits per heavy atom. The van der Waals surface area contributed by atoms with Crippen molar-refractivity contribution in [2.24, 2.45) is 0 Å². The number of hydrogen-bond donors (Lipinski definition) is 1. The molecule has 0 spiro atoms. The predicted octanol–water partition coefficient (Wildman–Crippen LogP) is 3.08. The zero-order valence-corrected chi connectivity index (χ0v) is 12.2. The minimum atomic E-state index is -1.26. The molecule has 3 nitrogen and oxygen atoms in total. The fourth-order valence-electron chi connectivity index (χ4n) is 2.59. The highest BCUT2D eigenvalue weighted by molar-refractivity contribution is 7.85. The zero-order chi connectivity index (χ0) is 14.8. The normalized spacial score (nSPS) is 18.6. The number of hydrogen-bond acceptors (Lipinski definition) is 3. The third-order valence-electron chi connectivity index (χ3n) is 3.65. The van der Waals surface area contributed by atoms with Crippen molar-refractivity contribution in [1.29, 1.82) is 0 Å². The van der Waals surface area contributed by atoms with Crippen LogP contribution in [0.5, 0.6) is 5.75 Å². The van der Waals surface area contributed by atoms with E-state index in [4.69, 9.17) is 10.5 Å². The summed E-state index contributed by atoms with van der Waals surface area (Å²) in [5.41, 5.74) is 7.09. The lowest BCUT2D eigenvalue weighted by molar-refractivity contribution is 0.273. The van der Waals surface area contributed by atoms with Gasteiger partial charge in [-0.25, -0.2) is 4.39 Å². The summed E-state index contributed by atoms with van der Waals surface area (Å²) in [7, 11) is -1.26. The summed E-state index contributed by atoms with van der Waals surface area (Å²) in [6, 6.07) is 11.8. The molecule has 0 saturated carbocycles. The van der Waals surface area contributed by atoms with Crippen LogP contribution in [-0.2, 0) is 10.8 Å². The van der Waals surface area contributed by atoms with Crippen LogP contribution in [0, 0.1) is 5.82 Å². The van der Waals surface area contributed by atoms with Crippen LogP contribution in [-0.4, -0.2) is 16.6 Å². The summed E-state index contributed by atoms with van der Waals surface area (Å²) in [4.78, 5) is 0.500. The first-order valence-corrected chi connectivity index (χ1v) is 8.12. The molecule has 2 N–H and O–H groups in total. The zero-order valence-electron chi connectivity index (χ0n) is 11.4. The van der Waals surface area contributed by atoms with E-state index in [1.54, 1.807) is 0 Å². The van der Waals surface area contributed by atoms with Gasteiger partial charge in [0.25, 0.3) is 0 Å². The lowest BCUT2D eigenvalue weighted by atomic mass is 9.95. The maximum atomic E-state index is 13.1. The first-order valence-electron chi connectivity index (χ1n) is 6.80. The molecule has 2 aromatic rings. The molecule has 0 radical (unpaired) electrons. The van der Waals surface area contributed by atoms with Gasteiger partial charge in [0.2, 0.25) is 0 Å². The molecule has 5 heteroatoms.